The van der Waals surface area contributed by atoms with Gasteiger partial charge in [0.15, 0.2) is 0 Å². The Hall–Kier alpha value is -1.58. The number of piperidine rings is 1. The second-order valence-corrected chi connectivity index (χ2v) is 4.98. The summed E-state index contributed by atoms with van der Waals surface area (Å²) >= 11 is 0. The Bertz CT molecular complexity index is 405. The van der Waals surface area contributed by atoms with Crippen LogP contribution in [0.4, 0.5) is 9.18 Å². The highest BCUT2D eigenvalue weighted by atomic mass is 19.1. The second-order valence-electron chi connectivity index (χ2n) is 4.98. The molecule has 1 aromatic rings. The van der Waals surface area contributed by atoms with Crippen LogP contribution in [0.5, 0.6) is 0 Å². The molecule has 1 N–H and O–H groups in total. The average molecular weight is 250 g/mol. The third kappa shape index (κ3) is 3.45. The predicted molar refractivity (Wildman–Crippen MR) is 68.6 cm³/mol. The normalized spacial score (nSPS) is 19.7. The van der Waals surface area contributed by atoms with Gasteiger partial charge in [-0.15, -0.1) is 0 Å². The van der Waals surface area contributed by atoms with Crippen LogP contribution in [0.3, 0.4) is 0 Å². The van der Waals surface area contributed by atoms with Crippen molar-refractivity contribution in [2.45, 2.75) is 26.3 Å². The number of rotatable bonds is 2. The lowest BCUT2D eigenvalue weighted by Crippen LogP contribution is -2.44. The summed E-state index contributed by atoms with van der Waals surface area (Å²) in [5.74, 6) is 0.324. The number of carbonyl (C=O) groups is 1. The van der Waals surface area contributed by atoms with Gasteiger partial charge < -0.3 is 10.2 Å². The van der Waals surface area contributed by atoms with Gasteiger partial charge in [0.25, 0.3) is 0 Å². The molecule has 0 spiro atoms. The van der Waals surface area contributed by atoms with Gasteiger partial charge in [-0.1, -0.05) is 19.1 Å². The van der Waals surface area contributed by atoms with Gasteiger partial charge in [-0.2, -0.15) is 0 Å². The van der Waals surface area contributed by atoms with Crippen molar-refractivity contribution in [3.63, 3.8) is 0 Å². The molecule has 1 fully saturated rings. The number of halogens is 1. The number of urea groups is 1. The maximum atomic E-state index is 12.7. The molecule has 0 radical (unpaired) electrons. The molecule has 0 bridgehead atoms. The van der Waals surface area contributed by atoms with E-state index >= 15 is 0 Å². The highest BCUT2D eigenvalue weighted by molar-refractivity contribution is 5.74. The molecule has 3 nitrogen and oxygen atoms in total. The molecule has 0 aliphatic carbocycles. The first-order chi connectivity index (χ1) is 8.65. The minimum Gasteiger partial charge on any atom is -0.334 e. The number of hydrogen-bond acceptors (Lipinski definition) is 1. The van der Waals surface area contributed by atoms with E-state index in [2.05, 4.69) is 12.2 Å². The van der Waals surface area contributed by atoms with Gasteiger partial charge in [0, 0.05) is 19.6 Å². The Morgan fingerprint density at radius 2 is 2.17 bits per heavy atom. The van der Waals surface area contributed by atoms with E-state index in [4.69, 9.17) is 0 Å². The molecule has 0 saturated carbocycles. The van der Waals surface area contributed by atoms with Crippen LogP contribution in [0, 0.1) is 11.7 Å². The fourth-order valence-electron chi connectivity index (χ4n) is 2.27. The van der Waals surface area contributed by atoms with E-state index in [-0.39, 0.29) is 11.8 Å². The summed E-state index contributed by atoms with van der Waals surface area (Å²) in [5.41, 5.74) is 0.912. The SMILES string of the molecule is CC1CCCN(C(=O)NCc2ccc(F)cc2)C1. The van der Waals surface area contributed by atoms with Crippen molar-refractivity contribution in [2.75, 3.05) is 13.1 Å². The van der Waals surface area contributed by atoms with Gasteiger partial charge in [0.2, 0.25) is 0 Å². The number of amides is 2. The van der Waals surface area contributed by atoms with Crippen molar-refractivity contribution in [3.05, 3.63) is 35.6 Å². The van der Waals surface area contributed by atoms with Crippen LogP contribution >= 0.6 is 0 Å². The van der Waals surface area contributed by atoms with Crippen molar-refractivity contribution >= 4 is 6.03 Å². The Morgan fingerprint density at radius 3 is 2.83 bits per heavy atom. The smallest absolute Gasteiger partial charge is 0.317 e. The summed E-state index contributed by atoms with van der Waals surface area (Å²) in [6.45, 7) is 4.28. The molecule has 1 unspecified atom stereocenters. The average Bonchev–Trinajstić information content (AvgIpc) is 2.38. The summed E-state index contributed by atoms with van der Waals surface area (Å²) in [6, 6.07) is 6.17. The number of nitrogens with one attached hydrogen (secondary N) is 1. The molecular weight excluding hydrogens is 231 g/mol. The van der Waals surface area contributed by atoms with Crippen LogP contribution in [0.2, 0.25) is 0 Å². The Kier molecular flexibility index (Phi) is 4.18. The summed E-state index contributed by atoms with van der Waals surface area (Å²) in [7, 11) is 0. The molecule has 1 saturated heterocycles. The van der Waals surface area contributed by atoms with Crippen molar-refractivity contribution in [3.8, 4) is 0 Å². The van der Waals surface area contributed by atoms with Crippen molar-refractivity contribution in [1.82, 2.24) is 10.2 Å². The first kappa shape index (κ1) is 12.9. The molecule has 98 valence electrons. The molecule has 2 rings (SSSR count). The zero-order valence-corrected chi connectivity index (χ0v) is 10.7. The minimum absolute atomic E-state index is 0.0223. The predicted octanol–water partition coefficient (Wildman–Crippen LogP) is 2.77. The molecule has 0 aromatic heterocycles. The number of benzene rings is 1. The van der Waals surface area contributed by atoms with Crippen LogP contribution in [-0.4, -0.2) is 24.0 Å². The fraction of sp³-hybridized carbons (Fsp3) is 0.500. The molecule has 1 aromatic carbocycles. The first-order valence-electron chi connectivity index (χ1n) is 6.42. The van der Waals surface area contributed by atoms with Crippen LogP contribution in [-0.2, 0) is 6.54 Å². The first-order valence-corrected chi connectivity index (χ1v) is 6.42. The standard InChI is InChI=1S/C14H19FN2O/c1-11-3-2-8-17(10-11)14(18)16-9-12-4-6-13(15)7-5-12/h4-7,11H,2-3,8-10H2,1H3,(H,16,18). The van der Waals surface area contributed by atoms with Crippen LogP contribution in [0.15, 0.2) is 24.3 Å². The second kappa shape index (κ2) is 5.85. The van der Waals surface area contributed by atoms with Gasteiger partial charge >= 0.3 is 6.03 Å². The van der Waals surface area contributed by atoms with E-state index in [9.17, 15) is 9.18 Å². The highest BCUT2D eigenvalue weighted by Crippen LogP contribution is 2.15. The molecule has 1 heterocycles. The van der Waals surface area contributed by atoms with E-state index in [0.29, 0.717) is 12.5 Å². The lowest BCUT2D eigenvalue weighted by atomic mass is 10.0. The molecule has 1 aliphatic rings. The zero-order chi connectivity index (χ0) is 13.0. The third-order valence-corrected chi connectivity index (χ3v) is 3.30. The Labute approximate surface area is 107 Å². The van der Waals surface area contributed by atoms with Gasteiger partial charge in [0.1, 0.15) is 5.82 Å². The topological polar surface area (TPSA) is 32.3 Å². The largest absolute Gasteiger partial charge is 0.334 e. The van der Waals surface area contributed by atoms with Gasteiger partial charge in [0.05, 0.1) is 0 Å². The van der Waals surface area contributed by atoms with Crippen LogP contribution < -0.4 is 5.32 Å². The molecule has 1 aliphatic heterocycles. The molecule has 18 heavy (non-hydrogen) atoms. The van der Waals surface area contributed by atoms with Gasteiger partial charge in [-0.05, 0) is 36.5 Å². The Morgan fingerprint density at radius 1 is 1.44 bits per heavy atom. The van der Waals surface area contributed by atoms with Crippen LogP contribution in [0.25, 0.3) is 0 Å². The fourth-order valence-corrected chi connectivity index (χ4v) is 2.27. The van der Waals surface area contributed by atoms with E-state index in [1.807, 2.05) is 4.90 Å². The van der Waals surface area contributed by atoms with E-state index in [1.54, 1.807) is 12.1 Å². The number of likely N-dealkylation sites (tertiary alicyclic amines) is 1. The molecular formula is C14H19FN2O. The van der Waals surface area contributed by atoms with Crippen molar-refractivity contribution in [2.24, 2.45) is 5.92 Å². The van der Waals surface area contributed by atoms with E-state index < -0.39 is 0 Å². The maximum Gasteiger partial charge on any atom is 0.317 e. The summed E-state index contributed by atoms with van der Waals surface area (Å²) in [4.78, 5) is 13.8. The van der Waals surface area contributed by atoms with Crippen LogP contribution in [0.1, 0.15) is 25.3 Å². The van der Waals surface area contributed by atoms with Crippen molar-refractivity contribution < 1.29 is 9.18 Å². The quantitative estimate of drug-likeness (QED) is 0.860. The highest BCUT2D eigenvalue weighted by Gasteiger charge is 2.20. The zero-order valence-electron chi connectivity index (χ0n) is 10.7. The molecule has 4 heteroatoms. The number of carbonyl (C=O) groups excluding carboxylic acids is 1. The lowest BCUT2D eigenvalue weighted by molar-refractivity contribution is 0.169. The lowest BCUT2D eigenvalue weighted by Gasteiger charge is -2.30. The monoisotopic (exact) mass is 250 g/mol. The molecule has 1 atom stereocenters. The maximum absolute atomic E-state index is 12.7. The van der Waals surface area contributed by atoms with E-state index in [0.717, 1.165) is 25.1 Å². The van der Waals surface area contributed by atoms with Gasteiger partial charge in [-0.25, -0.2) is 9.18 Å². The summed E-state index contributed by atoms with van der Waals surface area (Å²) in [6.07, 6.45) is 2.27. The van der Waals surface area contributed by atoms with E-state index in [1.165, 1.54) is 18.6 Å². The number of nitrogens with zero attached hydrogens (tertiary/aromatic N) is 1. The third-order valence-electron chi connectivity index (χ3n) is 3.30. The van der Waals surface area contributed by atoms with Crippen molar-refractivity contribution in [1.29, 1.82) is 0 Å². The van der Waals surface area contributed by atoms with Gasteiger partial charge in [-0.3, -0.25) is 0 Å². The minimum atomic E-state index is -0.255. The Balaban J connectivity index is 1.82. The summed E-state index contributed by atoms with van der Waals surface area (Å²) < 4.78 is 12.7. The molecule has 2 amide bonds. The number of hydrogen-bond donors (Lipinski definition) is 1. The summed E-state index contributed by atoms with van der Waals surface area (Å²) in [5, 5.41) is 2.87.